The molecule has 0 aromatic heterocycles. The van der Waals surface area contributed by atoms with Crippen molar-refractivity contribution in [2.45, 2.75) is 50.7 Å². The fourth-order valence-electron chi connectivity index (χ4n) is 1.61. The van der Waals surface area contributed by atoms with Gasteiger partial charge in [0.1, 0.15) is 5.60 Å². The van der Waals surface area contributed by atoms with E-state index in [0.717, 1.165) is 19.3 Å². The molecule has 2 N–H and O–H groups in total. The van der Waals surface area contributed by atoms with Crippen LogP contribution in [0.2, 0.25) is 0 Å². The fourth-order valence-corrected chi connectivity index (χ4v) is 1.61. The lowest BCUT2D eigenvalue weighted by Crippen LogP contribution is -2.42. The second-order valence-corrected chi connectivity index (χ2v) is 3.59. The Bertz CT molecular complexity index is 165. The second-order valence-electron chi connectivity index (χ2n) is 3.59. The lowest BCUT2D eigenvalue weighted by molar-refractivity contribution is -0.0535. The van der Waals surface area contributed by atoms with Gasteiger partial charge in [0.05, 0.1) is 6.10 Å². The topological polar surface area (TPSA) is 40.5 Å². The summed E-state index contributed by atoms with van der Waals surface area (Å²) in [7, 11) is 0. The zero-order valence-electron chi connectivity index (χ0n) is 7.66. The van der Waals surface area contributed by atoms with Gasteiger partial charge in [-0.25, -0.2) is 0 Å². The van der Waals surface area contributed by atoms with E-state index in [1.165, 1.54) is 0 Å². The van der Waals surface area contributed by atoms with Gasteiger partial charge in [-0.05, 0) is 19.3 Å². The fraction of sp³-hybridized carbons (Fsp3) is 0.800. The summed E-state index contributed by atoms with van der Waals surface area (Å²) >= 11 is 0. The maximum atomic E-state index is 9.93. The molecule has 0 bridgehead atoms. The van der Waals surface area contributed by atoms with Gasteiger partial charge in [-0.1, -0.05) is 31.9 Å². The highest BCUT2D eigenvalue weighted by Gasteiger charge is 2.33. The third-order valence-corrected chi connectivity index (χ3v) is 2.52. The number of aliphatic hydroxyl groups is 2. The summed E-state index contributed by atoms with van der Waals surface area (Å²) in [4.78, 5) is 0. The Balaban J connectivity index is 2.53. The van der Waals surface area contributed by atoms with Crippen LogP contribution in [0.25, 0.3) is 0 Å². The van der Waals surface area contributed by atoms with E-state index in [0.29, 0.717) is 12.8 Å². The first-order chi connectivity index (χ1) is 5.69. The van der Waals surface area contributed by atoms with Crippen LogP contribution in [0.4, 0.5) is 0 Å². The summed E-state index contributed by atoms with van der Waals surface area (Å²) in [5, 5.41) is 19.5. The molecule has 2 atom stereocenters. The van der Waals surface area contributed by atoms with Gasteiger partial charge in [-0.15, -0.1) is 0 Å². The van der Waals surface area contributed by atoms with Crippen molar-refractivity contribution in [1.29, 1.82) is 0 Å². The minimum Gasteiger partial charge on any atom is -0.390 e. The van der Waals surface area contributed by atoms with Crippen LogP contribution in [0.1, 0.15) is 39.0 Å². The summed E-state index contributed by atoms with van der Waals surface area (Å²) in [6, 6.07) is 0. The minimum absolute atomic E-state index is 0.561. The van der Waals surface area contributed by atoms with Crippen LogP contribution in [0.15, 0.2) is 12.2 Å². The first kappa shape index (κ1) is 9.75. The Labute approximate surface area is 73.9 Å². The molecule has 2 heteroatoms. The molecule has 0 heterocycles. The zero-order valence-corrected chi connectivity index (χ0v) is 7.66. The Morgan fingerprint density at radius 2 is 2.33 bits per heavy atom. The Hall–Kier alpha value is -0.340. The number of hydrogen-bond donors (Lipinski definition) is 2. The molecule has 0 aliphatic heterocycles. The quantitative estimate of drug-likeness (QED) is 0.632. The first-order valence-electron chi connectivity index (χ1n) is 4.77. The van der Waals surface area contributed by atoms with Crippen molar-refractivity contribution < 1.29 is 10.2 Å². The molecule has 70 valence electrons. The summed E-state index contributed by atoms with van der Waals surface area (Å²) < 4.78 is 0. The highest BCUT2D eigenvalue weighted by molar-refractivity contribution is 5.09. The van der Waals surface area contributed by atoms with Gasteiger partial charge in [-0.2, -0.15) is 0 Å². The van der Waals surface area contributed by atoms with Gasteiger partial charge in [0.2, 0.25) is 0 Å². The molecular formula is C10H18O2. The van der Waals surface area contributed by atoms with Crippen molar-refractivity contribution >= 4 is 0 Å². The van der Waals surface area contributed by atoms with Gasteiger partial charge in [-0.3, -0.25) is 0 Å². The lowest BCUT2D eigenvalue weighted by atomic mass is 9.84. The number of aliphatic hydroxyl groups excluding tert-OH is 1. The van der Waals surface area contributed by atoms with Crippen LogP contribution in [-0.2, 0) is 0 Å². The highest BCUT2D eigenvalue weighted by Crippen LogP contribution is 2.27. The third-order valence-electron chi connectivity index (χ3n) is 2.52. The van der Waals surface area contributed by atoms with Crippen molar-refractivity contribution in [2.24, 2.45) is 0 Å². The molecule has 0 aromatic rings. The molecule has 2 unspecified atom stereocenters. The van der Waals surface area contributed by atoms with E-state index >= 15 is 0 Å². The smallest absolute Gasteiger partial charge is 0.109 e. The molecule has 0 fully saturated rings. The summed E-state index contributed by atoms with van der Waals surface area (Å²) in [5.74, 6) is 0. The van der Waals surface area contributed by atoms with E-state index in [1.807, 2.05) is 6.08 Å². The molecule has 1 aliphatic rings. The largest absolute Gasteiger partial charge is 0.390 e. The average molecular weight is 170 g/mol. The predicted molar refractivity (Wildman–Crippen MR) is 48.9 cm³/mol. The van der Waals surface area contributed by atoms with E-state index in [-0.39, 0.29) is 0 Å². The Morgan fingerprint density at radius 1 is 1.58 bits per heavy atom. The molecule has 2 nitrogen and oxygen atoms in total. The van der Waals surface area contributed by atoms with E-state index in [1.54, 1.807) is 6.08 Å². The van der Waals surface area contributed by atoms with Crippen molar-refractivity contribution in [3.63, 3.8) is 0 Å². The Morgan fingerprint density at radius 3 is 2.92 bits per heavy atom. The molecule has 0 spiro atoms. The van der Waals surface area contributed by atoms with Gasteiger partial charge in [0, 0.05) is 0 Å². The monoisotopic (exact) mass is 170 g/mol. The second kappa shape index (κ2) is 4.06. The van der Waals surface area contributed by atoms with Crippen molar-refractivity contribution in [3.05, 3.63) is 12.2 Å². The SMILES string of the molecule is CCCCC1(O)C=CCCC1O. The molecule has 0 saturated heterocycles. The van der Waals surface area contributed by atoms with Gasteiger partial charge in [0.15, 0.2) is 0 Å². The van der Waals surface area contributed by atoms with Gasteiger partial charge >= 0.3 is 0 Å². The van der Waals surface area contributed by atoms with Crippen LogP contribution >= 0.6 is 0 Å². The number of unbranched alkanes of at least 4 members (excludes halogenated alkanes) is 1. The number of hydrogen-bond acceptors (Lipinski definition) is 2. The van der Waals surface area contributed by atoms with Crippen LogP contribution in [-0.4, -0.2) is 21.9 Å². The van der Waals surface area contributed by atoms with Crippen molar-refractivity contribution in [3.8, 4) is 0 Å². The maximum Gasteiger partial charge on any atom is 0.109 e. The van der Waals surface area contributed by atoms with Gasteiger partial charge < -0.3 is 10.2 Å². The minimum atomic E-state index is -0.936. The highest BCUT2D eigenvalue weighted by atomic mass is 16.3. The van der Waals surface area contributed by atoms with Crippen molar-refractivity contribution in [1.82, 2.24) is 0 Å². The van der Waals surface area contributed by atoms with Crippen LogP contribution in [0.3, 0.4) is 0 Å². The first-order valence-corrected chi connectivity index (χ1v) is 4.77. The summed E-state index contributed by atoms with van der Waals surface area (Å²) in [6.45, 7) is 2.09. The number of allylic oxidation sites excluding steroid dienone is 1. The van der Waals surface area contributed by atoms with E-state index in [2.05, 4.69) is 6.92 Å². The average Bonchev–Trinajstić information content (AvgIpc) is 2.07. The molecular weight excluding hydrogens is 152 g/mol. The predicted octanol–water partition coefficient (Wildman–Crippen LogP) is 1.62. The van der Waals surface area contributed by atoms with Crippen LogP contribution < -0.4 is 0 Å². The van der Waals surface area contributed by atoms with Crippen LogP contribution in [0, 0.1) is 0 Å². The van der Waals surface area contributed by atoms with E-state index in [9.17, 15) is 10.2 Å². The standard InChI is InChI=1S/C10H18O2/c1-2-3-7-10(12)8-5-4-6-9(10)11/h5,8-9,11-12H,2-4,6-7H2,1H3. The van der Waals surface area contributed by atoms with Crippen LogP contribution in [0.5, 0.6) is 0 Å². The molecule has 12 heavy (non-hydrogen) atoms. The molecule has 1 rings (SSSR count). The molecule has 0 saturated carbocycles. The normalized spacial score (nSPS) is 35.4. The van der Waals surface area contributed by atoms with Gasteiger partial charge in [0.25, 0.3) is 0 Å². The lowest BCUT2D eigenvalue weighted by Gasteiger charge is -2.32. The third kappa shape index (κ3) is 2.08. The maximum absolute atomic E-state index is 9.93. The van der Waals surface area contributed by atoms with Crippen molar-refractivity contribution in [2.75, 3.05) is 0 Å². The molecule has 0 amide bonds. The van der Waals surface area contributed by atoms with E-state index in [4.69, 9.17) is 0 Å². The Kier molecular flexibility index (Phi) is 3.29. The number of rotatable bonds is 3. The molecule has 0 radical (unpaired) electrons. The molecule has 1 aliphatic carbocycles. The molecule has 0 aromatic carbocycles. The van der Waals surface area contributed by atoms with E-state index < -0.39 is 11.7 Å². The summed E-state index contributed by atoms with van der Waals surface area (Å²) in [5.41, 5.74) is -0.936. The summed E-state index contributed by atoms with van der Waals surface area (Å²) in [6.07, 6.45) is 7.45. The zero-order chi connectivity index (χ0) is 9.03.